The second-order valence-electron chi connectivity index (χ2n) is 4.28. The molecule has 0 unspecified atom stereocenters. The molecule has 0 aliphatic carbocycles. The number of thiophene rings is 1. The van der Waals surface area contributed by atoms with E-state index in [4.69, 9.17) is 0 Å². The summed E-state index contributed by atoms with van der Waals surface area (Å²) >= 11 is 1.61. The molecule has 2 heterocycles. The van der Waals surface area contributed by atoms with Crippen LogP contribution in [0.15, 0.2) is 29.0 Å². The van der Waals surface area contributed by atoms with Crippen molar-refractivity contribution in [3.05, 3.63) is 40.3 Å². The van der Waals surface area contributed by atoms with E-state index in [-0.39, 0.29) is 5.82 Å². The first-order valence-electron chi connectivity index (χ1n) is 5.87. The van der Waals surface area contributed by atoms with Crippen molar-refractivity contribution in [1.29, 1.82) is 0 Å². The Kier molecular flexibility index (Phi) is 2.91. The van der Waals surface area contributed by atoms with Crippen LogP contribution in [-0.2, 0) is 0 Å². The highest BCUT2D eigenvalue weighted by Gasteiger charge is 2.11. The number of benzene rings is 1. The molecule has 0 saturated heterocycles. The molecule has 0 fully saturated rings. The third-order valence-electron chi connectivity index (χ3n) is 2.99. The molecule has 1 aromatic carbocycles. The molecule has 0 aliphatic heterocycles. The van der Waals surface area contributed by atoms with E-state index in [2.05, 4.69) is 15.3 Å². The summed E-state index contributed by atoms with van der Waals surface area (Å²) in [7, 11) is 1.80. The predicted octanol–water partition coefficient (Wildman–Crippen LogP) is 3.85. The molecule has 1 N–H and O–H groups in total. The van der Waals surface area contributed by atoms with Gasteiger partial charge < -0.3 is 5.32 Å². The molecule has 0 bridgehead atoms. The van der Waals surface area contributed by atoms with Crippen molar-refractivity contribution in [3.63, 3.8) is 0 Å². The maximum absolute atomic E-state index is 13.3. The number of halogens is 1. The number of nitrogens with zero attached hydrogens (tertiary/aromatic N) is 2. The molecule has 19 heavy (non-hydrogen) atoms. The van der Waals surface area contributed by atoms with E-state index in [0.717, 1.165) is 16.5 Å². The maximum Gasteiger partial charge on any atom is 0.163 e. The smallest absolute Gasteiger partial charge is 0.163 e. The quantitative estimate of drug-likeness (QED) is 0.770. The number of rotatable bonds is 2. The summed E-state index contributed by atoms with van der Waals surface area (Å²) in [6, 6.07) is 4.55. The Bertz CT molecular complexity index is 752. The van der Waals surface area contributed by atoms with Crippen molar-refractivity contribution in [2.45, 2.75) is 6.92 Å². The third-order valence-corrected chi connectivity index (χ3v) is 3.85. The van der Waals surface area contributed by atoms with Gasteiger partial charge in [-0.3, -0.25) is 0 Å². The highest BCUT2D eigenvalue weighted by molar-refractivity contribution is 7.08. The largest absolute Gasteiger partial charge is 0.373 e. The fourth-order valence-corrected chi connectivity index (χ4v) is 2.83. The van der Waals surface area contributed by atoms with Crippen molar-refractivity contribution in [3.8, 4) is 11.4 Å². The SMILES string of the molecule is CNc1nc(-c2cscc2C)nc2cc(F)ccc12. The Hall–Kier alpha value is -2.01. The lowest BCUT2D eigenvalue weighted by Crippen LogP contribution is -1.99. The lowest BCUT2D eigenvalue weighted by Gasteiger charge is -2.08. The molecule has 3 rings (SSSR count). The Morgan fingerprint density at radius 2 is 2.05 bits per heavy atom. The van der Waals surface area contributed by atoms with Gasteiger partial charge in [0, 0.05) is 29.4 Å². The van der Waals surface area contributed by atoms with E-state index in [1.807, 2.05) is 17.7 Å². The van der Waals surface area contributed by atoms with Crippen LogP contribution >= 0.6 is 11.3 Å². The molecule has 0 amide bonds. The molecular weight excluding hydrogens is 261 g/mol. The van der Waals surface area contributed by atoms with Gasteiger partial charge in [-0.1, -0.05) is 0 Å². The van der Waals surface area contributed by atoms with E-state index < -0.39 is 0 Å². The minimum atomic E-state index is -0.291. The summed E-state index contributed by atoms with van der Waals surface area (Å²) < 4.78 is 13.3. The summed E-state index contributed by atoms with van der Waals surface area (Å²) in [5, 5.41) is 7.92. The van der Waals surface area contributed by atoms with Crippen molar-refractivity contribution < 1.29 is 4.39 Å². The van der Waals surface area contributed by atoms with Gasteiger partial charge in [0.05, 0.1) is 5.52 Å². The van der Waals surface area contributed by atoms with Crippen LogP contribution in [0, 0.1) is 12.7 Å². The number of aromatic nitrogens is 2. The molecule has 96 valence electrons. The normalized spacial score (nSPS) is 10.9. The fourth-order valence-electron chi connectivity index (χ4n) is 2.00. The zero-order valence-electron chi connectivity index (χ0n) is 10.6. The number of fused-ring (bicyclic) bond motifs is 1. The summed E-state index contributed by atoms with van der Waals surface area (Å²) in [5.41, 5.74) is 2.73. The molecule has 2 aromatic heterocycles. The van der Waals surface area contributed by atoms with Gasteiger partial charge in [-0.05, 0) is 30.0 Å². The van der Waals surface area contributed by atoms with E-state index in [1.165, 1.54) is 12.1 Å². The van der Waals surface area contributed by atoms with Crippen molar-refractivity contribution in [2.75, 3.05) is 12.4 Å². The molecule has 0 saturated carbocycles. The number of anilines is 1. The summed E-state index contributed by atoms with van der Waals surface area (Å²) in [6.45, 7) is 2.02. The molecular formula is C14H12FN3S. The zero-order chi connectivity index (χ0) is 13.4. The monoisotopic (exact) mass is 273 g/mol. The second kappa shape index (κ2) is 4.59. The predicted molar refractivity (Wildman–Crippen MR) is 77.1 cm³/mol. The van der Waals surface area contributed by atoms with Crippen LogP contribution in [-0.4, -0.2) is 17.0 Å². The van der Waals surface area contributed by atoms with E-state index >= 15 is 0 Å². The third kappa shape index (κ3) is 2.06. The molecule has 0 aliphatic rings. The first-order valence-corrected chi connectivity index (χ1v) is 6.81. The van der Waals surface area contributed by atoms with Gasteiger partial charge in [-0.25, -0.2) is 14.4 Å². The summed E-state index contributed by atoms with van der Waals surface area (Å²) in [5.74, 6) is 1.05. The first kappa shape index (κ1) is 12.0. The number of nitrogens with one attached hydrogen (secondary N) is 1. The van der Waals surface area contributed by atoms with Crippen molar-refractivity contribution in [2.24, 2.45) is 0 Å². The molecule has 3 nitrogen and oxygen atoms in total. The lowest BCUT2D eigenvalue weighted by atomic mass is 10.2. The number of aryl methyl sites for hydroxylation is 1. The minimum Gasteiger partial charge on any atom is -0.373 e. The second-order valence-corrected chi connectivity index (χ2v) is 5.02. The van der Waals surface area contributed by atoms with Crippen LogP contribution in [0.5, 0.6) is 0 Å². The fraction of sp³-hybridized carbons (Fsp3) is 0.143. The van der Waals surface area contributed by atoms with Gasteiger partial charge in [0.2, 0.25) is 0 Å². The van der Waals surface area contributed by atoms with Crippen LogP contribution in [0.3, 0.4) is 0 Å². The first-order chi connectivity index (χ1) is 9.19. The van der Waals surface area contributed by atoms with Gasteiger partial charge in [-0.2, -0.15) is 11.3 Å². The van der Waals surface area contributed by atoms with E-state index in [1.54, 1.807) is 24.5 Å². The minimum absolute atomic E-state index is 0.291. The highest BCUT2D eigenvalue weighted by atomic mass is 32.1. The average molecular weight is 273 g/mol. The number of hydrogen-bond donors (Lipinski definition) is 1. The number of hydrogen-bond acceptors (Lipinski definition) is 4. The van der Waals surface area contributed by atoms with Gasteiger partial charge in [0.15, 0.2) is 5.82 Å². The molecule has 0 spiro atoms. The van der Waals surface area contributed by atoms with Crippen LogP contribution < -0.4 is 5.32 Å². The van der Waals surface area contributed by atoms with Crippen LogP contribution in [0.1, 0.15) is 5.56 Å². The summed E-state index contributed by atoms with van der Waals surface area (Å²) in [4.78, 5) is 8.98. The molecule has 3 aromatic rings. The van der Waals surface area contributed by atoms with Crippen LogP contribution in [0.25, 0.3) is 22.3 Å². The zero-order valence-corrected chi connectivity index (χ0v) is 11.4. The average Bonchev–Trinajstić information content (AvgIpc) is 2.83. The Morgan fingerprint density at radius 1 is 1.21 bits per heavy atom. The molecule has 0 atom stereocenters. The maximum atomic E-state index is 13.3. The lowest BCUT2D eigenvalue weighted by molar-refractivity contribution is 0.629. The van der Waals surface area contributed by atoms with Gasteiger partial charge >= 0.3 is 0 Å². The van der Waals surface area contributed by atoms with Crippen LogP contribution in [0.4, 0.5) is 10.2 Å². The van der Waals surface area contributed by atoms with E-state index in [9.17, 15) is 4.39 Å². The standard InChI is InChI=1S/C14H12FN3S/c1-8-6-19-7-11(8)14-17-12-5-9(15)3-4-10(12)13(16-2)18-14/h3-7H,1-2H3,(H,16,17,18). The van der Waals surface area contributed by atoms with Crippen molar-refractivity contribution >= 4 is 28.1 Å². The molecule has 5 heteroatoms. The summed E-state index contributed by atoms with van der Waals surface area (Å²) in [6.07, 6.45) is 0. The Labute approximate surface area is 114 Å². The molecule has 0 radical (unpaired) electrons. The van der Waals surface area contributed by atoms with Crippen LogP contribution in [0.2, 0.25) is 0 Å². The Balaban J connectivity index is 2.30. The topological polar surface area (TPSA) is 37.8 Å². The van der Waals surface area contributed by atoms with E-state index in [0.29, 0.717) is 17.2 Å². The van der Waals surface area contributed by atoms with Gasteiger partial charge in [0.1, 0.15) is 11.6 Å². The highest BCUT2D eigenvalue weighted by Crippen LogP contribution is 2.28. The van der Waals surface area contributed by atoms with Crippen molar-refractivity contribution in [1.82, 2.24) is 9.97 Å². The Morgan fingerprint density at radius 3 is 2.74 bits per heavy atom. The van der Waals surface area contributed by atoms with Gasteiger partial charge in [-0.15, -0.1) is 0 Å². The van der Waals surface area contributed by atoms with Gasteiger partial charge in [0.25, 0.3) is 0 Å².